The molecule has 0 fully saturated rings. The van der Waals surface area contributed by atoms with E-state index in [-0.39, 0.29) is 5.41 Å². The summed E-state index contributed by atoms with van der Waals surface area (Å²) < 4.78 is 0. The summed E-state index contributed by atoms with van der Waals surface area (Å²) in [6.07, 6.45) is 0. The van der Waals surface area contributed by atoms with Crippen molar-refractivity contribution in [2.45, 2.75) is 26.2 Å². The Hall–Kier alpha value is -5.60. The van der Waals surface area contributed by atoms with E-state index in [9.17, 15) is 0 Å². The Morgan fingerprint density at radius 1 is 0.522 bits per heavy atom. The summed E-state index contributed by atoms with van der Waals surface area (Å²) >= 11 is 0. The first-order valence-corrected chi connectivity index (χ1v) is 15.8. The molecule has 0 radical (unpaired) electrons. The van der Waals surface area contributed by atoms with Gasteiger partial charge in [-0.25, -0.2) is 9.98 Å². The standard InChI is InChI=1S/C44H36N2/c1-30(34-20-13-22-36(28-34)32-16-7-5-8-17-32)45-43(46-31(2)35-21-14-23-37(29-35)33-18-9-6-10-19-33)39-25-15-27-41-42(39)38-24-11-12-26-40(38)44(41,3)4/h5-29H,1H2,2-4H3. The van der Waals surface area contributed by atoms with Gasteiger partial charge in [0.1, 0.15) is 0 Å². The Kier molecular flexibility index (Phi) is 7.64. The quantitative estimate of drug-likeness (QED) is 0.136. The predicted molar refractivity (Wildman–Crippen MR) is 196 cm³/mol. The molecule has 6 aromatic carbocycles. The molecule has 0 heterocycles. The number of nitrogens with zero attached hydrogens (tertiary/aromatic N) is 2. The molecular formula is C44H36N2. The molecule has 7 rings (SSSR count). The number of benzene rings is 6. The van der Waals surface area contributed by atoms with E-state index in [0.29, 0.717) is 11.5 Å². The van der Waals surface area contributed by atoms with Crippen molar-refractivity contribution in [3.63, 3.8) is 0 Å². The molecule has 1 aliphatic carbocycles. The first-order chi connectivity index (χ1) is 22.4. The number of hydrogen-bond acceptors (Lipinski definition) is 1. The summed E-state index contributed by atoms with van der Waals surface area (Å²) in [5, 5.41) is 0. The van der Waals surface area contributed by atoms with Crippen LogP contribution in [0.1, 0.15) is 48.6 Å². The number of amidine groups is 1. The van der Waals surface area contributed by atoms with E-state index in [2.05, 4.69) is 167 Å². The Morgan fingerprint density at radius 2 is 1.04 bits per heavy atom. The molecule has 46 heavy (non-hydrogen) atoms. The lowest BCUT2D eigenvalue weighted by molar-refractivity contribution is 0.660. The highest BCUT2D eigenvalue weighted by Gasteiger charge is 2.37. The summed E-state index contributed by atoms with van der Waals surface area (Å²) in [4.78, 5) is 10.5. The predicted octanol–water partition coefficient (Wildman–Crippen LogP) is 11.3. The van der Waals surface area contributed by atoms with Gasteiger partial charge >= 0.3 is 0 Å². The molecule has 0 saturated heterocycles. The monoisotopic (exact) mass is 592 g/mol. The molecule has 0 amide bonds. The summed E-state index contributed by atoms with van der Waals surface area (Å²) in [6.45, 7) is 11.1. The van der Waals surface area contributed by atoms with E-state index in [0.717, 1.165) is 39.1 Å². The Balaban J connectivity index is 1.38. The average molecular weight is 593 g/mol. The number of fused-ring (bicyclic) bond motifs is 3. The van der Waals surface area contributed by atoms with Gasteiger partial charge in [0.05, 0.1) is 5.70 Å². The molecule has 0 aliphatic heterocycles. The number of aliphatic imine (C=N–C) groups is 2. The minimum atomic E-state index is -0.128. The van der Waals surface area contributed by atoms with Gasteiger partial charge in [-0.1, -0.05) is 160 Å². The fourth-order valence-corrected chi connectivity index (χ4v) is 6.57. The molecule has 0 bridgehead atoms. The van der Waals surface area contributed by atoms with Crippen molar-refractivity contribution in [1.82, 2.24) is 0 Å². The zero-order chi connectivity index (χ0) is 31.7. The van der Waals surface area contributed by atoms with Crippen LogP contribution in [0.3, 0.4) is 0 Å². The lowest BCUT2D eigenvalue weighted by Gasteiger charge is -2.21. The van der Waals surface area contributed by atoms with Crippen LogP contribution in [0.5, 0.6) is 0 Å². The van der Waals surface area contributed by atoms with Crippen LogP contribution in [0.25, 0.3) is 39.1 Å². The van der Waals surface area contributed by atoms with E-state index in [1.165, 1.54) is 27.8 Å². The van der Waals surface area contributed by atoms with Crippen molar-refractivity contribution >= 4 is 17.2 Å². The maximum atomic E-state index is 5.30. The molecule has 0 atom stereocenters. The van der Waals surface area contributed by atoms with Crippen LogP contribution in [0.4, 0.5) is 0 Å². The summed E-state index contributed by atoms with van der Waals surface area (Å²) in [5.41, 5.74) is 14.1. The summed E-state index contributed by atoms with van der Waals surface area (Å²) in [5.74, 6) is 0.655. The summed E-state index contributed by atoms with van der Waals surface area (Å²) in [7, 11) is 0. The second kappa shape index (κ2) is 12.1. The molecule has 2 heteroatoms. The van der Waals surface area contributed by atoms with E-state index < -0.39 is 0 Å². The van der Waals surface area contributed by atoms with Gasteiger partial charge in [-0.05, 0) is 69.1 Å². The van der Waals surface area contributed by atoms with Gasteiger partial charge in [-0.3, -0.25) is 0 Å². The molecule has 6 aromatic rings. The fourth-order valence-electron chi connectivity index (χ4n) is 6.57. The third-order valence-corrected chi connectivity index (χ3v) is 9.05. The van der Waals surface area contributed by atoms with E-state index in [1.807, 2.05) is 12.1 Å². The van der Waals surface area contributed by atoms with Gasteiger partial charge in [-0.2, -0.15) is 0 Å². The SMILES string of the molecule is C=C(N=C(N=C(C)c1cccc(-c2ccccc2)c1)c1cccc2c1-c1ccccc1C2(C)C)c1cccc(-c2ccccc2)c1. The van der Waals surface area contributed by atoms with Crippen molar-refractivity contribution < 1.29 is 0 Å². The highest BCUT2D eigenvalue weighted by Crippen LogP contribution is 2.50. The molecule has 0 saturated carbocycles. The maximum Gasteiger partial charge on any atom is 0.160 e. The van der Waals surface area contributed by atoms with Crippen molar-refractivity contribution in [1.29, 1.82) is 0 Å². The molecule has 1 aliphatic rings. The van der Waals surface area contributed by atoms with Gasteiger partial charge in [0.15, 0.2) is 5.84 Å². The molecule has 222 valence electrons. The van der Waals surface area contributed by atoms with Crippen LogP contribution in [0, 0.1) is 0 Å². The lowest BCUT2D eigenvalue weighted by atomic mass is 9.82. The number of hydrogen-bond donors (Lipinski definition) is 0. The van der Waals surface area contributed by atoms with Gasteiger partial charge < -0.3 is 0 Å². The van der Waals surface area contributed by atoms with E-state index >= 15 is 0 Å². The average Bonchev–Trinajstić information content (AvgIpc) is 3.35. The van der Waals surface area contributed by atoms with Crippen molar-refractivity contribution in [3.05, 3.63) is 186 Å². The van der Waals surface area contributed by atoms with Crippen LogP contribution in [0.15, 0.2) is 168 Å². The fraction of sp³-hybridized carbons (Fsp3) is 0.0909. The zero-order valence-corrected chi connectivity index (χ0v) is 26.5. The van der Waals surface area contributed by atoms with Crippen molar-refractivity contribution in [2.24, 2.45) is 9.98 Å². The normalized spacial score (nSPS) is 13.6. The highest BCUT2D eigenvalue weighted by atomic mass is 14.9. The third-order valence-electron chi connectivity index (χ3n) is 9.05. The van der Waals surface area contributed by atoms with Crippen LogP contribution >= 0.6 is 0 Å². The molecule has 2 nitrogen and oxygen atoms in total. The van der Waals surface area contributed by atoms with Crippen LogP contribution in [0.2, 0.25) is 0 Å². The summed E-state index contributed by atoms with van der Waals surface area (Å²) in [6, 6.07) is 53.1. The van der Waals surface area contributed by atoms with Crippen LogP contribution in [-0.4, -0.2) is 11.5 Å². The third kappa shape index (κ3) is 5.44. The van der Waals surface area contributed by atoms with E-state index in [4.69, 9.17) is 9.98 Å². The maximum absolute atomic E-state index is 5.30. The molecule has 0 aromatic heterocycles. The Labute approximate surface area is 272 Å². The lowest BCUT2D eigenvalue weighted by Crippen LogP contribution is -2.15. The van der Waals surface area contributed by atoms with Gasteiger partial charge in [0.2, 0.25) is 0 Å². The smallest absolute Gasteiger partial charge is 0.160 e. The van der Waals surface area contributed by atoms with E-state index in [1.54, 1.807) is 0 Å². The molecule has 0 unspecified atom stereocenters. The molecule has 0 N–H and O–H groups in total. The first kappa shape index (κ1) is 29.1. The van der Waals surface area contributed by atoms with Crippen LogP contribution in [-0.2, 0) is 5.41 Å². The van der Waals surface area contributed by atoms with Gasteiger partial charge in [-0.15, -0.1) is 0 Å². The number of rotatable bonds is 6. The largest absolute Gasteiger partial charge is 0.233 e. The van der Waals surface area contributed by atoms with Crippen molar-refractivity contribution in [2.75, 3.05) is 0 Å². The Bertz CT molecular complexity index is 2130. The molecule has 0 spiro atoms. The minimum Gasteiger partial charge on any atom is -0.233 e. The Morgan fingerprint density at radius 3 is 1.72 bits per heavy atom. The second-order valence-corrected chi connectivity index (χ2v) is 12.4. The van der Waals surface area contributed by atoms with Crippen molar-refractivity contribution in [3.8, 4) is 33.4 Å². The first-order valence-electron chi connectivity index (χ1n) is 15.8. The van der Waals surface area contributed by atoms with Crippen LogP contribution < -0.4 is 0 Å². The second-order valence-electron chi connectivity index (χ2n) is 12.4. The van der Waals surface area contributed by atoms with Gasteiger partial charge in [0, 0.05) is 22.3 Å². The topological polar surface area (TPSA) is 24.7 Å². The minimum absolute atomic E-state index is 0.128. The van der Waals surface area contributed by atoms with Gasteiger partial charge in [0.25, 0.3) is 0 Å². The highest BCUT2D eigenvalue weighted by molar-refractivity contribution is 6.16. The molecular weight excluding hydrogens is 556 g/mol. The zero-order valence-electron chi connectivity index (χ0n) is 26.5.